The third-order valence-corrected chi connectivity index (χ3v) is 4.11. The second-order valence-electron chi connectivity index (χ2n) is 5.75. The number of aromatic nitrogens is 4. The second-order valence-corrected chi connectivity index (χ2v) is 5.75. The van der Waals surface area contributed by atoms with Crippen molar-refractivity contribution < 1.29 is 13.7 Å². The highest BCUT2D eigenvalue weighted by molar-refractivity contribution is 6.06. The van der Waals surface area contributed by atoms with E-state index in [1.807, 2.05) is 0 Å². The molecule has 0 amide bonds. The number of carbonyl (C=O) groups is 1. The average Bonchev–Trinajstić information content (AvgIpc) is 3.25. The van der Waals surface area contributed by atoms with Gasteiger partial charge in [-0.3, -0.25) is 14.9 Å². The van der Waals surface area contributed by atoms with Crippen molar-refractivity contribution in [3.8, 4) is 22.4 Å². The Morgan fingerprint density at radius 3 is 2.67 bits per heavy atom. The van der Waals surface area contributed by atoms with E-state index in [1.165, 1.54) is 19.2 Å². The number of benzene rings is 1. The topological polar surface area (TPSA) is 137 Å². The molecule has 138 valence electrons. The quantitative estimate of drug-likeness (QED) is 0.362. The van der Waals surface area contributed by atoms with Gasteiger partial charge in [0.15, 0.2) is 17.2 Å². The van der Waals surface area contributed by atoms with Gasteiger partial charge in [-0.2, -0.15) is 5.10 Å². The van der Waals surface area contributed by atoms with E-state index in [0.29, 0.717) is 22.1 Å². The highest BCUT2D eigenvalue weighted by atomic mass is 35.5. The molecule has 8 nitrogen and oxygen atoms in total. The molecule has 0 saturated carbocycles. The Balaban J connectivity index is 0.00000210. The van der Waals surface area contributed by atoms with Crippen LogP contribution in [0.2, 0.25) is 0 Å². The number of hydrogen-bond acceptors (Lipinski definition) is 7. The second kappa shape index (κ2) is 6.69. The maximum atomic E-state index is 14.6. The molecule has 4 aromatic rings. The molecule has 27 heavy (non-hydrogen) atoms. The molecule has 0 spiro atoms. The maximum Gasteiger partial charge on any atom is 0.180 e. The highest BCUT2D eigenvalue weighted by Gasteiger charge is 2.22. The van der Waals surface area contributed by atoms with Crippen molar-refractivity contribution in [3.05, 3.63) is 42.1 Å². The van der Waals surface area contributed by atoms with E-state index in [0.717, 1.165) is 6.07 Å². The Hall–Kier alpha value is -3.46. The Morgan fingerprint density at radius 1 is 1.22 bits per heavy atom. The first-order valence-corrected chi connectivity index (χ1v) is 7.60. The molecule has 5 N–H and O–H groups in total. The smallest absolute Gasteiger partial charge is 0.180 e. The number of pyridine rings is 1. The van der Waals surface area contributed by atoms with E-state index < -0.39 is 5.82 Å². The summed E-state index contributed by atoms with van der Waals surface area (Å²) < 4.78 is 19.9. The van der Waals surface area contributed by atoms with Gasteiger partial charge in [-0.25, -0.2) is 4.39 Å². The first-order chi connectivity index (χ1) is 12.5. The van der Waals surface area contributed by atoms with Gasteiger partial charge in [-0.1, -0.05) is 5.16 Å². The van der Waals surface area contributed by atoms with Crippen LogP contribution in [0.4, 0.5) is 15.9 Å². The van der Waals surface area contributed by atoms with Gasteiger partial charge in [0.05, 0.1) is 17.3 Å². The third-order valence-electron chi connectivity index (χ3n) is 4.11. The standard InChI is InChI=1S/C17H13FN6O2.ClH/c1-7(25)9-2-10(12(18)3-13(9)19)15-14-16(26-24-17(14)20)11(6-21-15)8-4-22-23-5-8;/h2-6H,19H2,1H3,(H2,20,24)(H,22,23);1H. The number of hydrogen-bond donors (Lipinski definition) is 3. The van der Waals surface area contributed by atoms with Gasteiger partial charge in [-0.15, -0.1) is 12.4 Å². The lowest BCUT2D eigenvalue weighted by atomic mass is 9.99. The molecule has 3 heterocycles. The Morgan fingerprint density at radius 2 is 2.00 bits per heavy atom. The Bertz CT molecular complexity index is 1160. The first-order valence-electron chi connectivity index (χ1n) is 7.60. The lowest BCUT2D eigenvalue weighted by Crippen LogP contribution is -2.03. The number of fused-ring (bicyclic) bond motifs is 1. The van der Waals surface area contributed by atoms with Gasteiger partial charge in [0.1, 0.15) is 5.82 Å². The maximum absolute atomic E-state index is 14.6. The van der Waals surface area contributed by atoms with Gasteiger partial charge in [0.2, 0.25) is 0 Å². The van der Waals surface area contributed by atoms with Crippen molar-refractivity contribution in [2.24, 2.45) is 0 Å². The Kier molecular flexibility index (Phi) is 4.54. The van der Waals surface area contributed by atoms with Crippen LogP contribution in [-0.4, -0.2) is 26.1 Å². The largest absolute Gasteiger partial charge is 0.398 e. The molecule has 0 fully saturated rings. The number of ketones is 1. The van der Waals surface area contributed by atoms with E-state index in [1.54, 1.807) is 12.4 Å². The predicted octanol–water partition coefficient (Wildman–Crippen LogP) is 3.21. The summed E-state index contributed by atoms with van der Waals surface area (Å²) in [6.45, 7) is 1.35. The molecule has 0 atom stereocenters. The minimum Gasteiger partial charge on any atom is -0.398 e. The molecule has 0 aliphatic rings. The summed E-state index contributed by atoms with van der Waals surface area (Å²) in [6.07, 6.45) is 4.76. The number of rotatable bonds is 3. The molecule has 0 radical (unpaired) electrons. The number of halogens is 2. The summed E-state index contributed by atoms with van der Waals surface area (Å²) in [5, 5.41) is 10.7. The van der Waals surface area contributed by atoms with E-state index >= 15 is 0 Å². The lowest BCUT2D eigenvalue weighted by molar-refractivity contribution is 0.101. The number of Topliss-reactive ketones (excluding diaryl/α,β-unsaturated/α-hetero) is 1. The van der Waals surface area contributed by atoms with E-state index in [4.69, 9.17) is 16.0 Å². The van der Waals surface area contributed by atoms with Gasteiger partial charge >= 0.3 is 0 Å². The number of nitrogens with one attached hydrogen (secondary N) is 1. The van der Waals surface area contributed by atoms with Crippen LogP contribution in [0.3, 0.4) is 0 Å². The molecule has 3 aromatic heterocycles. The first kappa shape index (κ1) is 18.3. The van der Waals surface area contributed by atoms with Crippen molar-refractivity contribution in [1.29, 1.82) is 0 Å². The van der Waals surface area contributed by atoms with Crippen LogP contribution in [0.25, 0.3) is 33.4 Å². The lowest BCUT2D eigenvalue weighted by Gasteiger charge is -2.09. The van der Waals surface area contributed by atoms with E-state index in [2.05, 4.69) is 20.3 Å². The van der Waals surface area contributed by atoms with Crippen LogP contribution in [0.5, 0.6) is 0 Å². The number of H-pyrrole nitrogens is 1. The summed E-state index contributed by atoms with van der Waals surface area (Å²) in [5.74, 6) is -0.847. The number of aromatic amines is 1. The van der Waals surface area contributed by atoms with E-state index in [9.17, 15) is 9.18 Å². The van der Waals surface area contributed by atoms with Crippen LogP contribution >= 0.6 is 12.4 Å². The van der Waals surface area contributed by atoms with Crippen LogP contribution in [-0.2, 0) is 0 Å². The van der Waals surface area contributed by atoms with Crippen molar-refractivity contribution in [2.75, 3.05) is 11.5 Å². The fourth-order valence-corrected chi connectivity index (χ4v) is 2.85. The molecule has 4 rings (SSSR count). The predicted molar refractivity (Wildman–Crippen MR) is 101 cm³/mol. The molecule has 0 bridgehead atoms. The zero-order chi connectivity index (χ0) is 18.4. The molecular weight excluding hydrogens is 375 g/mol. The number of nitrogen functional groups attached to an aromatic ring is 2. The fraction of sp³-hybridized carbons (Fsp3) is 0.0588. The SMILES string of the molecule is CC(=O)c1cc(-c2ncc(-c3cn[nH]c3)c3onc(N)c23)c(F)cc1N.Cl. The molecule has 10 heteroatoms. The Labute approximate surface area is 158 Å². The number of nitrogens with zero attached hydrogens (tertiary/aromatic N) is 3. The summed E-state index contributed by atoms with van der Waals surface area (Å²) in [6, 6.07) is 2.45. The van der Waals surface area contributed by atoms with E-state index in [-0.39, 0.29) is 46.5 Å². The van der Waals surface area contributed by atoms with Crippen LogP contribution in [0, 0.1) is 5.82 Å². The van der Waals surface area contributed by atoms with Crippen LogP contribution in [0.15, 0.2) is 35.2 Å². The number of anilines is 2. The van der Waals surface area contributed by atoms with Crippen molar-refractivity contribution >= 4 is 40.7 Å². The van der Waals surface area contributed by atoms with Gasteiger partial charge in [0, 0.05) is 40.3 Å². The number of nitrogens with two attached hydrogens (primary N) is 2. The minimum atomic E-state index is -0.627. The molecule has 1 aromatic carbocycles. The molecule has 0 unspecified atom stereocenters. The summed E-state index contributed by atoms with van der Waals surface area (Å²) in [5.41, 5.74) is 13.9. The molecule has 0 aliphatic carbocycles. The molecule has 0 saturated heterocycles. The minimum absolute atomic E-state index is 0. The van der Waals surface area contributed by atoms with Gasteiger partial charge in [0.25, 0.3) is 0 Å². The van der Waals surface area contributed by atoms with Crippen molar-refractivity contribution in [1.82, 2.24) is 20.3 Å². The average molecular weight is 389 g/mol. The number of carbonyl (C=O) groups excluding carboxylic acids is 1. The van der Waals surface area contributed by atoms with Crippen LogP contribution in [0.1, 0.15) is 17.3 Å². The summed E-state index contributed by atoms with van der Waals surface area (Å²) in [4.78, 5) is 16.1. The summed E-state index contributed by atoms with van der Waals surface area (Å²) >= 11 is 0. The molecule has 0 aliphatic heterocycles. The third kappa shape index (κ3) is 2.87. The molecular formula is C17H14ClFN6O2. The zero-order valence-corrected chi connectivity index (χ0v) is 14.8. The van der Waals surface area contributed by atoms with Gasteiger partial charge < -0.3 is 16.0 Å². The van der Waals surface area contributed by atoms with Crippen molar-refractivity contribution in [2.45, 2.75) is 6.92 Å². The summed E-state index contributed by atoms with van der Waals surface area (Å²) in [7, 11) is 0. The highest BCUT2D eigenvalue weighted by Crippen LogP contribution is 2.38. The van der Waals surface area contributed by atoms with Gasteiger partial charge in [-0.05, 0) is 19.1 Å². The normalized spacial score (nSPS) is 10.7. The zero-order valence-electron chi connectivity index (χ0n) is 14.0. The monoisotopic (exact) mass is 388 g/mol. The fourth-order valence-electron chi connectivity index (χ4n) is 2.85. The van der Waals surface area contributed by atoms with Crippen LogP contribution < -0.4 is 11.5 Å². The van der Waals surface area contributed by atoms with Crippen molar-refractivity contribution in [3.63, 3.8) is 0 Å².